The lowest BCUT2D eigenvalue weighted by atomic mass is 10.2. The summed E-state index contributed by atoms with van der Waals surface area (Å²) in [6, 6.07) is 5.60. The van der Waals surface area contributed by atoms with Gasteiger partial charge >= 0.3 is 5.97 Å². The summed E-state index contributed by atoms with van der Waals surface area (Å²) in [5.74, 6) is -1.78. The van der Waals surface area contributed by atoms with E-state index in [0.717, 1.165) is 4.90 Å². The van der Waals surface area contributed by atoms with Crippen LogP contribution in [0.1, 0.15) is 17.3 Å². The van der Waals surface area contributed by atoms with E-state index in [1.54, 1.807) is 0 Å². The Hall–Kier alpha value is -1.93. The average molecular weight is 329 g/mol. The number of benzene rings is 1. The first kappa shape index (κ1) is 18.1. The molecule has 0 heterocycles. The quantitative estimate of drug-likeness (QED) is 0.751. The number of ether oxygens (including phenoxy) is 1. The fourth-order valence-electron chi connectivity index (χ4n) is 1.79. The fraction of sp³-hybridized carbons (Fsp3) is 0.429. The number of carboxylic acid groups (broad SMARTS) is 1. The first-order valence-corrected chi connectivity index (χ1v) is 8.30. The second-order valence-electron chi connectivity index (χ2n) is 4.54. The molecule has 0 radical (unpaired) electrons. The number of carbonyl (C=O) groups is 2. The molecular formula is C14H19NO6S. The molecule has 0 bridgehead atoms. The van der Waals surface area contributed by atoms with Crippen LogP contribution in [-0.4, -0.2) is 62.9 Å². The molecule has 0 aliphatic carbocycles. The number of carbonyl (C=O) groups excluding carboxylic acids is 1. The molecule has 1 amide bonds. The molecular weight excluding hydrogens is 310 g/mol. The van der Waals surface area contributed by atoms with Gasteiger partial charge in [-0.05, 0) is 18.2 Å². The van der Waals surface area contributed by atoms with Crippen molar-refractivity contribution >= 4 is 21.7 Å². The summed E-state index contributed by atoms with van der Waals surface area (Å²) in [5, 5.41) is 8.87. The summed E-state index contributed by atoms with van der Waals surface area (Å²) in [6.07, 6.45) is 0. The van der Waals surface area contributed by atoms with E-state index in [1.165, 1.54) is 38.3 Å². The number of aliphatic carboxylic acids is 1. The third kappa shape index (κ3) is 4.81. The molecule has 0 saturated carbocycles. The van der Waals surface area contributed by atoms with Gasteiger partial charge in [-0.15, -0.1) is 0 Å². The van der Waals surface area contributed by atoms with Crippen molar-refractivity contribution in [3.63, 3.8) is 0 Å². The smallest absolute Gasteiger partial charge is 0.323 e. The largest absolute Gasteiger partial charge is 0.480 e. The van der Waals surface area contributed by atoms with Gasteiger partial charge in [0, 0.05) is 19.2 Å². The Labute approximate surface area is 129 Å². The third-order valence-electron chi connectivity index (χ3n) is 3.00. The maximum atomic E-state index is 12.4. The Balaban J connectivity index is 3.08. The zero-order chi connectivity index (χ0) is 16.8. The van der Waals surface area contributed by atoms with Gasteiger partial charge in [0.15, 0.2) is 9.84 Å². The van der Waals surface area contributed by atoms with E-state index in [4.69, 9.17) is 9.84 Å². The van der Waals surface area contributed by atoms with Gasteiger partial charge in [-0.1, -0.05) is 13.0 Å². The van der Waals surface area contributed by atoms with E-state index in [-0.39, 0.29) is 29.4 Å². The number of amides is 1. The summed E-state index contributed by atoms with van der Waals surface area (Å²) in [7, 11) is -1.99. The molecule has 122 valence electrons. The van der Waals surface area contributed by atoms with Crippen molar-refractivity contribution in [2.75, 3.05) is 32.6 Å². The topological polar surface area (TPSA) is 101 Å². The highest BCUT2D eigenvalue weighted by molar-refractivity contribution is 7.91. The van der Waals surface area contributed by atoms with Crippen LogP contribution in [0.5, 0.6) is 0 Å². The van der Waals surface area contributed by atoms with Crippen molar-refractivity contribution in [1.29, 1.82) is 0 Å². The molecule has 22 heavy (non-hydrogen) atoms. The van der Waals surface area contributed by atoms with Gasteiger partial charge in [-0.25, -0.2) is 8.42 Å². The molecule has 0 aliphatic rings. The van der Waals surface area contributed by atoms with Crippen molar-refractivity contribution < 1.29 is 27.9 Å². The van der Waals surface area contributed by atoms with Gasteiger partial charge in [0.2, 0.25) is 0 Å². The van der Waals surface area contributed by atoms with Gasteiger partial charge in [-0.3, -0.25) is 9.59 Å². The first-order chi connectivity index (χ1) is 10.3. The molecule has 0 unspecified atom stereocenters. The van der Waals surface area contributed by atoms with E-state index in [2.05, 4.69) is 0 Å². The number of rotatable bonds is 8. The monoisotopic (exact) mass is 329 g/mol. The van der Waals surface area contributed by atoms with Gasteiger partial charge in [0.05, 0.1) is 17.3 Å². The minimum Gasteiger partial charge on any atom is -0.480 e. The van der Waals surface area contributed by atoms with E-state index in [0.29, 0.717) is 0 Å². The summed E-state index contributed by atoms with van der Waals surface area (Å²) < 4.78 is 28.6. The van der Waals surface area contributed by atoms with Crippen molar-refractivity contribution in [3.05, 3.63) is 29.8 Å². The highest BCUT2D eigenvalue weighted by atomic mass is 32.2. The lowest BCUT2D eigenvalue weighted by Crippen LogP contribution is -2.38. The second kappa shape index (κ2) is 7.90. The predicted octanol–water partition coefficient (Wildman–Crippen LogP) is 0.653. The molecule has 1 N–H and O–H groups in total. The molecule has 0 fully saturated rings. The maximum Gasteiger partial charge on any atom is 0.323 e. The van der Waals surface area contributed by atoms with Crippen LogP contribution in [0, 0.1) is 0 Å². The van der Waals surface area contributed by atoms with Gasteiger partial charge < -0.3 is 14.7 Å². The lowest BCUT2D eigenvalue weighted by molar-refractivity contribution is -0.137. The maximum absolute atomic E-state index is 12.4. The van der Waals surface area contributed by atoms with Crippen LogP contribution in [0.4, 0.5) is 0 Å². The Bertz CT molecular complexity index is 640. The normalized spacial score (nSPS) is 11.2. The van der Waals surface area contributed by atoms with E-state index in [9.17, 15) is 18.0 Å². The molecule has 1 aromatic rings. The Morgan fingerprint density at radius 2 is 2.00 bits per heavy atom. The van der Waals surface area contributed by atoms with Gasteiger partial charge in [-0.2, -0.15) is 0 Å². The molecule has 0 atom stereocenters. The van der Waals surface area contributed by atoms with Crippen LogP contribution < -0.4 is 0 Å². The van der Waals surface area contributed by atoms with Gasteiger partial charge in [0.25, 0.3) is 5.91 Å². The van der Waals surface area contributed by atoms with Gasteiger partial charge in [0.1, 0.15) is 6.54 Å². The number of methoxy groups -OCH3 is 1. The Morgan fingerprint density at radius 1 is 1.32 bits per heavy atom. The van der Waals surface area contributed by atoms with Crippen molar-refractivity contribution in [2.24, 2.45) is 0 Å². The number of carboxylic acids is 1. The van der Waals surface area contributed by atoms with Crippen LogP contribution in [-0.2, 0) is 19.4 Å². The van der Waals surface area contributed by atoms with Crippen molar-refractivity contribution in [2.45, 2.75) is 11.8 Å². The van der Waals surface area contributed by atoms with Crippen molar-refractivity contribution in [3.8, 4) is 0 Å². The highest BCUT2D eigenvalue weighted by Crippen LogP contribution is 2.15. The molecule has 0 aromatic heterocycles. The van der Waals surface area contributed by atoms with Crippen molar-refractivity contribution in [1.82, 2.24) is 4.90 Å². The zero-order valence-electron chi connectivity index (χ0n) is 12.5. The number of sulfone groups is 1. The van der Waals surface area contributed by atoms with E-state index in [1.807, 2.05) is 0 Å². The van der Waals surface area contributed by atoms with Crippen LogP contribution in [0.3, 0.4) is 0 Å². The summed E-state index contributed by atoms with van der Waals surface area (Å²) in [5.41, 5.74) is 0.131. The molecule has 1 aromatic carbocycles. The molecule has 8 heteroatoms. The minimum absolute atomic E-state index is 0.0443. The second-order valence-corrected chi connectivity index (χ2v) is 6.82. The Morgan fingerprint density at radius 3 is 2.55 bits per heavy atom. The molecule has 0 saturated heterocycles. The fourth-order valence-corrected chi connectivity index (χ4v) is 2.71. The standard InChI is InChI=1S/C14H19NO6S/c1-3-22(19,20)12-6-4-5-11(9-12)14(18)15(7-8-21-2)10-13(16)17/h4-6,9H,3,7-8,10H2,1-2H3,(H,16,17). The lowest BCUT2D eigenvalue weighted by Gasteiger charge is -2.20. The van der Waals surface area contributed by atoms with E-state index < -0.39 is 28.3 Å². The minimum atomic E-state index is -3.43. The van der Waals surface area contributed by atoms with Crippen LogP contribution in [0.15, 0.2) is 29.2 Å². The number of hydrogen-bond acceptors (Lipinski definition) is 5. The summed E-state index contributed by atoms with van der Waals surface area (Å²) in [6.45, 7) is 1.32. The molecule has 1 rings (SSSR count). The molecule has 0 aliphatic heterocycles. The van der Waals surface area contributed by atoms with E-state index >= 15 is 0 Å². The Kier molecular flexibility index (Phi) is 6.51. The number of nitrogens with zero attached hydrogens (tertiary/aromatic N) is 1. The zero-order valence-corrected chi connectivity index (χ0v) is 13.3. The average Bonchev–Trinajstić information content (AvgIpc) is 2.50. The SMILES string of the molecule is CCS(=O)(=O)c1cccc(C(=O)N(CCOC)CC(=O)O)c1. The predicted molar refractivity (Wildman–Crippen MR) is 79.6 cm³/mol. The highest BCUT2D eigenvalue weighted by Gasteiger charge is 2.20. The van der Waals surface area contributed by atoms with Crippen LogP contribution in [0.25, 0.3) is 0 Å². The summed E-state index contributed by atoms with van der Waals surface area (Å²) >= 11 is 0. The molecule has 7 nitrogen and oxygen atoms in total. The van der Waals surface area contributed by atoms with Crippen LogP contribution >= 0.6 is 0 Å². The van der Waals surface area contributed by atoms with Crippen LogP contribution in [0.2, 0.25) is 0 Å². The number of hydrogen-bond donors (Lipinski definition) is 1. The molecule has 0 spiro atoms. The summed E-state index contributed by atoms with van der Waals surface area (Å²) in [4.78, 5) is 24.4. The third-order valence-corrected chi connectivity index (χ3v) is 4.73. The first-order valence-electron chi connectivity index (χ1n) is 6.64.